The van der Waals surface area contributed by atoms with E-state index in [-0.39, 0.29) is 10.8 Å². The van der Waals surface area contributed by atoms with Crippen LogP contribution in [0, 0.1) is 11.3 Å². The van der Waals surface area contributed by atoms with Gasteiger partial charge >= 0.3 is 0 Å². The highest BCUT2D eigenvalue weighted by Crippen LogP contribution is 2.40. The van der Waals surface area contributed by atoms with Crippen LogP contribution in [0.4, 0.5) is 5.82 Å². The van der Waals surface area contributed by atoms with Crippen molar-refractivity contribution < 1.29 is 5.11 Å². The lowest BCUT2D eigenvalue weighted by Crippen LogP contribution is -1.87. The number of anilines is 1. The zero-order valence-corrected chi connectivity index (χ0v) is 14.2. The Bertz CT molecular complexity index is 1190. The van der Waals surface area contributed by atoms with E-state index in [4.69, 9.17) is 17.3 Å². The summed E-state index contributed by atoms with van der Waals surface area (Å²) in [7, 11) is 0. The van der Waals surface area contributed by atoms with Crippen LogP contribution < -0.4 is 5.73 Å². The third-order valence-corrected chi connectivity index (χ3v) is 4.50. The maximum absolute atomic E-state index is 10.5. The first-order valence-corrected chi connectivity index (χ1v) is 8.22. The number of benzene rings is 2. The number of fused-ring (bicyclic) bond motifs is 1. The van der Waals surface area contributed by atoms with Crippen molar-refractivity contribution in [3.8, 4) is 34.2 Å². The summed E-state index contributed by atoms with van der Waals surface area (Å²) in [6, 6.07) is 18.2. The topological polar surface area (TPSA) is 98.7 Å². The first kappa shape index (κ1) is 16.0. The Morgan fingerprint density at radius 1 is 1.08 bits per heavy atom. The molecule has 26 heavy (non-hydrogen) atoms. The van der Waals surface area contributed by atoms with E-state index in [1.54, 1.807) is 36.4 Å². The van der Waals surface area contributed by atoms with E-state index in [9.17, 15) is 10.4 Å². The third-order valence-electron chi connectivity index (χ3n) is 4.21. The first-order valence-electron chi connectivity index (χ1n) is 7.84. The summed E-state index contributed by atoms with van der Waals surface area (Å²) in [6.07, 6.45) is 0. The molecule has 2 heterocycles. The van der Waals surface area contributed by atoms with Gasteiger partial charge in [0.05, 0.1) is 33.4 Å². The van der Waals surface area contributed by atoms with Crippen LogP contribution in [0.5, 0.6) is 5.75 Å². The van der Waals surface area contributed by atoms with Crippen LogP contribution in [0.3, 0.4) is 0 Å². The molecule has 0 atom stereocenters. The normalized spacial score (nSPS) is 10.8. The average Bonchev–Trinajstić information content (AvgIpc) is 3.06. The molecule has 4 aromatic rings. The van der Waals surface area contributed by atoms with Gasteiger partial charge in [-0.15, -0.1) is 0 Å². The molecule has 0 saturated carbocycles. The number of aromatic amines is 1. The maximum Gasteiger partial charge on any atom is 0.143 e. The lowest BCUT2D eigenvalue weighted by molar-refractivity contribution is 0.477. The lowest BCUT2D eigenvalue weighted by Gasteiger charge is -2.10. The van der Waals surface area contributed by atoms with Crippen molar-refractivity contribution in [2.75, 3.05) is 5.73 Å². The van der Waals surface area contributed by atoms with Gasteiger partial charge in [-0.1, -0.05) is 29.8 Å². The molecule has 0 aliphatic heterocycles. The zero-order chi connectivity index (χ0) is 18.3. The molecule has 2 aromatic carbocycles. The summed E-state index contributed by atoms with van der Waals surface area (Å²) in [6.45, 7) is 0. The van der Waals surface area contributed by atoms with Gasteiger partial charge in [-0.05, 0) is 47.5 Å². The summed E-state index contributed by atoms with van der Waals surface area (Å²) < 4.78 is 0. The minimum atomic E-state index is -0.0376. The van der Waals surface area contributed by atoms with Crippen LogP contribution >= 0.6 is 11.6 Å². The highest BCUT2D eigenvalue weighted by molar-refractivity contribution is 6.33. The van der Waals surface area contributed by atoms with Crippen molar-refractivity contribution in [1.29, 1.82) is 5.26 Å². The van der Waals surface area contributed by atoms with E-state index >= 15 is 0 Å². The van der Waals surface area contributed by atoms with Crippen molar-refractivity contribution >= 4 is 28.5 Å². The predicted octanol–water partition coefficient (Wildman–Crippen LogP) is 4.71. The number of hydrogen-bond acceptors (Lipinski definition) is 4. The van der Waals surface area contributed by atoms with Crippen molar-refractivity contribution in [3.05, 3.63) is 65.2 Å². The molecule has 0 unspecified atom stereocenters. The number of halogens is 1. The Morgan fingerprint density at radius 2 is 1.88 bits per heavy atom. The van der Waals surface area contributed by atoms with Gasteiger partial charge in [-0.3, -0.25) is 0 Å². The summed E-state index contributed by atoms with van der Waals surface area (Å²) in [5, 5.41) is 20.0. The number of phenols is 1. The Kier molecular flexibility index (Phi) is 3.76. The highest BCUT2D eigenvalue weighted by atomic mass is 35.5. The summed E-state index contributed by atoms with van der Waals surface area (Å²) in [4.78, 5) is 7.48. The second-order valence-corrected chi connectivity index (χ2v) is 6.27. The van der Waals surface area contributed by atoms with Crippen LogP contribution in [0.25, 0.3) is 33.4 Å². The number of nitrogens with zero attached hydrogens (tertiary/aromatic N) is 2. The highest BCUT2D eigenvalue weighted by Gasteiger charge is 2.15. The SMILES string of the molecule is N#Cc1ccccc1-c1cc(Cl)c(O)c(-c2cc3nc(N)ccc3[nH]2)c1. The van der Waals surface area contributed by atoms with Crippen molar-refractivity contribution in [2.24, 2.45) is 0 Å². The number of rotatable bonds is 2. The Labute approximate surface area is 154 Å². The summed E-state index contributed by atoms with van der Waals surface area (Å²) in [5.74, 6) is 0.381. The number of aromatic hydroxyl groups is 1. The van der Waals surface area contributed by atoms with Gasteiger partial charge in [-0.2, -0.15) is 5.26 Å². The van der Waals surface area contributed by atoms with Gasteiger partial charge < -0.3 is 15.8 Å². The number of hydrogen-bond donors (Lipinski definition) is 3. The molecule has 5 nitrogen and oxygen atoms in total. The fraction of sp³-hybridized carbons (Fsp3) is 0. The van der Waals surface area contributed by atoms with E-state index in [2.05, 4.69) is 16.0 Å². The maximum atomic E-state index is 10.5. The molecule has 0 aliphatic rings. The van der Waals surface area contributed by atoms with Crippen molar-refractivity contribution in [3.63, 3.8) is 0 Å². The van der Waals surface area contributed by atoms with Crippen LogP contribution in [-0.4, -0.2) is 15.1 Å². The second-order valence-electron chi connectivity index (χ2n) is 5.86. The van der Waals surface area contributed by atoms with E-state index in [0.717, 1.165) is 16.6 Å². The molecule has 4 N–H and O–H groups in total. The van der Waals surface area contributed by atoms with Gasteiger partial charge in [0, 0.05) is 5.56 Å². The monoisotopic (exact) mass is 360 g/mol. The molecule has 0 aliphatic carbocycles. The second kappa shape index (κ2) is 6.10. The Hall–Kier alpha value is -3.49. The van der Waals surface area contributed by atoms with Crippen LogP contribution in [-0.2, 0) is 0 Å². The fourth-order valence-corrected chi connectivity index (χ4v) is 3.18. The molecular weight excluding hydrogens is 348 g/mol. The van der Waals surface area contributed by atoms with Gasteiger partial charge in [0.25, 0.3) is 0 Å². The smallest absolute Gasteiger partial charge is 0.143 e. The van der Waals surface area contributed by atoms with Crippen LogP contribution in [0.15, 0.2) is 54.6 Å². The predicted molar refractivity (Wildman–Crippen MR) is 103 cm³/mol. The first-order chi connectivity index (χ1) is 12.6. The number of nitrogens with two attached hydrogens (primary N) is 1. The van der Waals surface area contributed by atoms with Gasteiger partial charge in [-0.25, -0.2) is 4.98 Å². The van der Waals surface area contributed by atoms with Gasteiger partial charge in [0.1, 0.15) is 11.6 Å². The van der Waals surface area contributed by atoms with Crippen molar-refractivity contribution in [2.45, 2.75) is 0 Å². The minimum Gasteiger partial charge on any atom is -0.506 e. The molecule has 0 spiro atoms. The standard InChI is InChI=1S/C20H13ClN4O/c21-15-8-12(13-4-2-1-3-11(13)10-22)7-14(20(15)26)17-9-18-16(24-17)5-6-19(23)25-18/h1-9,24,26H,(H2,23,25). The lowest BCUT2D eigenvalue weighted by atomic mass is 9.97. The largest absolute Gasteiger partial charge is 0.506 e. The van der Waals surface area contributed by atoms with E-state index in [1.165, 1.54) is 0 Å². The fourth-order valence-electron chi connectivity index (χ4n) is 2.96. The quantitative estimate of drug-likeness (QED) is 0.482. The molecule has 6 heteroatoms. The molecule has 0 amide bonds. The third kappa shape index (κ3) is 2.63. The number of pyridine rings is 1. The Balaban J connectivity index is 1.93. The summed E-state index contributed by atoms with van der Waals surface area (Å²) >= 11 is 6.26. The number of H-pyrrole nitrogens is 1. The van der Waals surface area contributed by atoms with Gasteiger partial charge in [0.15, 0.2) is 0 Å². The van der Waals surface area contributed by atoms with E-state index in [0.29, 0.717) is 28.2 Å². The zero-order valence-electron chi connectivity index (χ0n) is 13.5. The number of phenolic OH excluding ortho intramolecular Hbond substituents is 1. The number of nitrogen functional groups attached to an aromatic ring is 1. The Morgan fingerprint density at radius 3 is 2.69 bits per heavy atom. The van der Waals surface area contributed by atoms with Gasteiger partial charge in [0.2, 0.25) is 0 Å². The van der Waals surface area contributed by atoms with Crippen molar-refractivity contribution in [1.82, 2.24) is 9.97 Å². The van der Waals surface area contributed by atoms with Crippen LogP contribution in [0.1, 0.15) is 5.56 Å². The summed E-state index contributed by atoms with van der Waals surface area (Å²) in [5.41, 5.74) is 10.4. The minimum absolute atomic E-state index is 0.0376. The molecule has 4 rings (SSSR count). The molecule has 0 bridgehead atoms. The average molecular weight is 361 g/mol. The van der Waals surface area contributed by atoms with E-state index < -0.39 is 0 Å². The van der Waals surface area contributed by atoms with E-state index in [1.807, 2.05) is 18.2 Å². The molecule has 126 valence electrons. The van der Waals surface area contributed by atoms with Crippen LogP contribution in [0.2, 0.25) is 5.02 Å². The number of nitriles is 1. The number of aromatic nitrogens is 2. The molecule has 0 saturated heterocycles. The molecule has 2 aromatic heterocycles. The number of nitrogens with one attached hydrogen (secondary N) is 1. The molecule has 0 radical (unpaired) electrons. The molecule has 0 fully saturated rings. The molecular formula is C20H13ClN4O.